The van der Waals surface area contributed by atoms with Crippen molar-refractivity contribution in [3.8, 4) is 11.3 Å². The maximum atomic E-state index is 14.2. The van der Waals surface area contributed by atoms with Crippen molar-refractivity contribution in [1.82, 2.24) is 15.1 Å². The highest BCUT2D eigenvalue weighted by Crippen LogP contribution is 2.68. The van der Waals surface area contributed by atoms with Gasteiger partial charge in [0, 0.05) is 13.1 Å². The maximum absolute atomic E-state index is 14.2. The summed E-state index contributed by atoms with van der Waals surface area (Å²) < 4.78 is 28.4. The molecule has 1 saturated heterocycles. The molecule has 0 spiro atoms. The number of hydrogen-bond donors (Lipinski definition) is 0. The van der Waals surface area contributed by atoms with Crippen molar-refractivity contribution in [2.75, 3.05) is 13.1 Å². The van der Waals surface area contributed by atoms with Crippen molar-refractivity contribution in [3.05, 3.63) is 47.2 Å². The lowest BCUT2D eigenvalue weighted by molar-refractivity contribution is -0.144. The minimum Gasteiger partial charge on any atom is -0.342 e. The molecular formula is C21H21F2N3O. The normalized spacial score (nSPS) is 27.4. The molecule has 2 aliphatic carbocycles. The minimum atomic E-state index is -0.674. The minimum absolute atomic E-state index is 0.138. The van der Waals surface area contributed by atoms with E-state index in [-0.39, 0.29) is 28.5 Å². The third-order valence-corrected chi connectivity index (χ3v) is 7.11. The van der Waals surface area contributed by atoms with Gasteiger partial charge in [-0.25, -0.2) is 8.78 Å². The van der Waals surface area contributed by atoms with E-state index in [1.54, 1.807) is 6.07 Å². The summed E-state index contributed by atoms with van der Waals surface area (Å²) in [7, 11) is 0. The van der Waals surface area contributed by atoms with E-state index in [1.807, 2.05) is 4.90 Å². The summed E-state index contributed by atoms with van der Waals surface area (Å²) in [5, 5.41) is 8.56. The summed E-state index contributed by atoms with van der Waals surface area (Å²) in [5.74, 6) is -1.03. The van der Waals surface area contributed by atoms with Gasteiger partial charge in [0.2, 0.25) is 5.91 Å². The molecule has 5 rings (SSSR count). The quantitative estimate of drug-likeness (QED) is 0.809. The largest absolute Gasteiger partial charge is 0.342 e. The second-order valence-corrected chi connectivity index (χ2v) is 8.49. The molecule has 1 unspecified atom stereocenters. The molecule has 2 atom stereocenters. The lowest BCUT2D eigenvalue weighted by atomic mass is 9.67. The van der Waals surface area contributed by atoms with E-state index in [4.69, 9.17) is 0 Å². The second-order valence-electron chi connectivity index (χ2n) is 8.49. The number of hydrogen-bond acceptors (Lipinski definition) is 3. The second kappa shape index (κ2) is 5.33. The number of benzene rings is 1. The van der Waals surface area contributed by atoms with Gasteiger partial charge in [0.05, 0.1) is 22.4 Å². The van der Waals surface area contributed by atoms with Crippen LogP contribution in [0.2, 0.25) is 0 Å². The number of fused-ring (bicyclic) bond motifs is 5. The Bertz CT molecular complexity index is 950. The van der Waals surface area contributed by atoms with Gasteiger partial charge in [-0.05, 0) is 54.4 Å². The Morgan fingerprint density at radius 2 is 1.89 bits per heavy atom. The molecule has 1 saturated carbocycles. The van der Waals surface area contributed by atoms with Crippen LogP contribution in [0.15, 0.2) is 24.3 Å². The van der Waals surface area contributed by atoms with Crippen molar-refractivity contribution < 1.29 is 13.6 Å². The van der Waals surface area contributed by atoms with E-state index in [2.05, 4.69) is 24.0 Å². The Morgan fingerprint density at radius 3 is 2.52 bits per heavy atom. The highest BCUT2D eigenvalue weighted by atomic mass is 19.1. The summed E-state index contributed by atoms with van der Waals surface area (Å²) >= 11 is 0. The Kier molecular flexibility index (Phi) is 3.31. The van der Waals surface area contributed by atoms with Gasteiger partial charge in [-0.15, -0.1) is 5.10 Å². The molecule has 1 aromatic carbocycles. The van der Waals surface area contributed by atoms with Crippen LogP contribution in [0.5, 0.6) is 0 Å². The summed E-state index contributed by atoms with van der Waals surface area (Å²) in [6, 6.07) is 5.53. The summed E-state index contributed by atoms with van der Waals surface area (Å²) in [6.45, 7) is 5.83. The van der Waals surface area contributed by atoms with Gasteiger partial charge >= 0.3 is 0 Å². The molecule has 2 heterocycles. The molecule has 3 aliphatic rings. The number of aromatic nitrogens is 2. The van der Waals surface area contributed by atoms with Crippen molar-refractivity contribution in [1.29, 1.82) is 0 Å². The monoisotopic (exact) mass is 369 g/mol. The van der Waals surface area contributed by atoms with Crippen LogP contribution in [-0.2, 0) is 10.2 Å². The highest BCUT2D eigenvalue weighted by molar-refractivity contribution is 5.92. The van der Waals surface area contributed by atoms with Gasteiger partial charge in [-0.3, -0.25) is 4.79 Å². The van der Waals surface area contributed by atoms with E-state index >= 15 is 0 Å². The molecule has 1 aliphatic heterocycles. The number of carbonyl (C=O) groups excluding carboxylic acids is 1. The van der Waals surface area contributed by atoms with Crippen LogP contribution in [0.25, 0.3) is 11.3 Å². The smallest absolute Gasteiger partial charge is 0.235 e. The fourth-order valence-electron chi connectivity index (χ4n) is 5.45. The topological polar surface area (TPSA) is 46.1 Å². The molecule has 4 nitrogen and oxygen atoms in total. The molecule has 2 bridgehead atoms. The number of likely N-dealkylation sites (tertiary alicyclic amines) is 1. The third-order valence-electron chi connectivity index (χ3n) is 7.11. The first-order valence-electron chi connectivity index (χ1n) is 9.50. The van der Waals surface area contributed by atoms with Crippen LogP contribution in [-0.4, -0.2) is 34.1 Å². The lowest BCUT2D eigenvalue weighted by Gasteiger charge is -2.43. The zero-order chi connectivity index (χ0) is 19.0. The lowest BCUT2D eigenvalue weighted by Crippen LogP contribution is -2.55. The van der Waals surface area contributed by atoms with Crippen LogP contribution in [0.1, 0.15) is 50.3 Å². The average Bonchev–Trinajstić information content (AvgIpc) is 2.95. The third kappa shape index (κ3) is 1.93. The predicted molar refractivity (Wildman–Crippen MR) is 96.0 cm³/mol. The molecule has 1 amide bonds. The van der Waals surface area contributed by atoms with Crippen LogP contribution in [0, 0.1) is 17.0 Å². The number of amides is 1. The van der Waals surface area contributed by atoms with Gasteiger partial charge in [-0.2, -0.15) is 5.10 Å². The Morgan fingerprint density at radius 1 is 1.19 bits per heavy atom. The van der Waals surface area contributed by atoms with Crippen LogP contribution in [0.3, 0.4) is 0 Å². The summed E-state index contributed by atoms with van der Waals surface area (Å²) in [6.07, 6.45) is 2.68. The SMILES string of the molecule is CC1(C)[C@H]2CCC1(C(=O)N1CCC1)c1nnc(-c3c(F)cccc3F)cc12. The average molecular weight is 369 g/mol. The molecule has 0 radical (unpaired) electrons. The fourth-order valence-corrected chi connectivity index (χ4v) is 5.45. The van der Waals surface area contributed by atoms with Gasteiger partial charge in [0.1, 0.15) is 11.6 Å². The van der Waals surface area contributed by atoms with Gasteiger partial charge in [-0.1, -0.05) is 19.9 Å². The highest BCUT2D eigenvalue weighted by Gasteiger charge is 2.68. The van der Waals surface area contributed by atoms with Crippen molar-refractivity contribution >= 4 is 5.91 Å². The van der Waals surface area contributed by atoms with Crippen molar-refractivity contribution in [3.63, 3.8) is 0 Å². The Balaban J connectivity index is 1.67. The van der Waals surface area contributed by atoms with E-state index in [0.717, 1.165) is 37.9 Å². The van der Waals surface area contributed by atoms with Crippen molar-refractivity contribution in [2.24, 2.45) is 5.41 Å². The molecule has 1 aromatic heterocycles. The van der Waals surface area contributed by atoms with E-state index in [9.17, 15) is 13.6 Å². The molecule has 6 heteroatoms. The predicted octanol–water partition coefficient (Wildman–Crippen LogP) is 3.81. The summed E-state index contributed by atoms with van der Waals surface area (Å²) in [4.78, 5) is 15.3. The zero-order valence-corrected chi connectivity index (χ0v) is 15.4. The standard InChI is InChI=1S/C21H21F2N3O/c1-20(2)13-7-8-21(20,19(27)26-9-4-10-26)18-12(13)11-16(24-25-18)17-14(22)5-3-6-15(17)23/h3,5-6,11,13H,4,7-10H2,1-2H3/t13-,21?/m0/s1. The number of rotatable bonds is 2. The first-order chi connectivity index (χ1) is 12.9. The van der Waals surface area contributed by atoms with Gasteiger partial charge in [0.25, 0.3) is 0 Å². The fraction of sp³-hybridized carbons (Fsp3) is 0.476. The first kappa shape index (κ1) is 16.8. The molecule has 27 heavy (non-hydrogen) atoms. The number of nitrogens with zero attached hydrogens (tertiary/aromatic N) is 3. The zero-order valence-electron chi connectivity index (χ0n) is 15.4. The van der Waals surface area contributed by atoms with E-state index < -0.39 is 17.0 Å². The Hall–Kier alpha value is -2.37. The van der Waals surface area contributed by atoms with E-state index in [0.29, 0.717) is 5.69 Å². The van der Waals surface area contributed by atoms with E-state index in [1.165, 1.54) is 18.2 Å². The van der Waals surface area contributed by atoms with Gasteiger partial charge < -0.3 is 4.90 Å². The summed E-state index contributed by atoms with van der Waals surface area (Å²) in [5.41, 5.74) is 0.709. The Labute approximate surface area is 156 Å². The molecule has 2 fully saturated rings. The number of halogens is 2. The van der Waals surface area contributed by atoms with Gasteiger partial charge in [0.15, 0.2) is 0 Å². The first-order valence-corrected chi connectivity index (χ1v) is 9.50. The van der Waals surface area contributed by atoms with Crippen LogP contribution >= 0.6 is 0 Å². The molecule has 140 valence electrons. The van der Waals surface area contributed by atoms with Crippen molar-refractivity contribution in [2.45, 2.75) is 44.4 Å². The number of carbonyl (C=O) groups is 1. The van der Waals surface area contributed by atoms with Crippen LogP contribution in [0.4, 0.5) is 8.78 Å². The molecule has 2 aromatic rings. The van der Waals surface area contributed by atoms with Crippen LogP contribution < -0.4 is 0 Å². The molecular weight excluding hydrogens is 348 g/mol. The molecule has 0 N–H and O–H groups in total. The maximum Gasteiger partial charge on any atom is 0.235 e.